The summed E-state index contributed by atoms with van der Waals surface area (Å²) in [5.74, 6) is -0.347. The molecular weight excluding hydrogens is 512 g/mol. The maximum Gasteiger partial charge on any atom is 0.167 e. The van der Waals surface area contributed by atoms with E-state index in [0.717, 1.165) is 50.3 Å². The number of imidazole rings is 1. The van der Waals surface area contributed by atoms with E-state index < -0.39 is 11.6 Å². The first-order chi connectivity index (χ1) is 19.5. The summed E-state index contributed by atoms with van der Waals surface area (Å²) in [7, 11) is 1.70. The first-order valence-electron chi connectivity index (χ1n) is 13.6. The Hall–Kier alpha value is -4.07. The lowest BCUT2D eigenvalue weighted by Gasteiger charge is -2.32. The molecule has 0 spiro atoms. The predicted molar refractivity (Wildman–Crippen MR) is 151 cm³/mol. The van der Waals surface area contributed by atoms with Crippen LogP contribution in [0.1, 0.15) is 24.8 Å². The van der Waals surface area contributed by atoms with E-state index in [1.54, 1.807) is 30.0 Å². The van der Waals surface area contributed by atoms with Gasteiger partial charge in [0.15, 0.2) is 5.65 Å². The highest BCUT2D eigenvalue weighted by Gasteiger charge is 2.27. The predicted octanol–water partition coefficient (Wildman–Crippen LogP) is 4.64. The van der Waals surface area contributed by atoms with Crippen molar-refractivity contribution in [1.82, 2.24) is 14.5 Å². The summed E-state index contributed by atoms with van der Waals surface area (Å²) in [6, 6.07) is 13.3. The van der Waals surface area contributed by atoms with Crippen LogP contribution < -0.4 is 15.5 Å². The number of benzene rings is 2. The number of halogens is 2. The minimum absolute atomic E-state index is 0.0465. The number of methoxy groups -OCH3 is 1. The van der Waals surface area contributed by atoms with Gasteiger partial charge in [-0.3, -0.25) is 4.57 Å². The SMILES string of the molecule is COCC1CCN(c2ccc(-n3c(-c4ccc(C#N)c(F)c4)nc4c(N5CCCC(N)C5)ccnc43)c(F)c2)C1. The number of pyridine rings is 1. The lowest BCUT2D eigenvalue weighted by Crippen LogP contribution is -2.42. The zero-order valence-corrected chi connectivity index (χ0v) is 22.4. The van der Waals surface area contributed by atoms with Crippen LogP contribution in [-0.2, 0) is 4.74 Å². The Balaban J connectivity index is 1.49. The highest BCUT2D eigenvalue weighted by atomic mass is 19.1. The van der Waals surface area contributed by atoms with Crippen LogP contribution in [-0.4, -0.2) is 60.5 Å². The molecule has 2 aromatic heterocycles. The van der Waals surface area contributed by atoms with Gasteiger partial charge < -0.3 is 20.3 Å². The zero-order valence-electron chi connectivity index (χ0n) is 22.4. The van der Waals surface area contributed by atoms with E-state index >= 15 is 4.39 Å². The van der Waals surface area contributed by atoms with Crippen molar-refractivity contribution in [3.05, 3.63) is 65.9 Å². The maximum absolute atomic E-state index is 16.0. The molecule has 4 aromatic rings. The van der Waals surface area contributed by atoms with Gasteiger partial charge in [-0.2, -0.15) is 5.26 Å². The molecule has 2 aliphatic heterocycles. The van der Waals surface area contributed by atoms with Gasteiger partial charge in [-0.25, -0.2) is 18.7 Å². The third-order valence-corrected chi connectivity index (χ3v) is 7.90. The molecule has 2 unspecified atom stereocenters. The van der Waals surface area contributed by atoms with Crippen molar-refractivity contribution in [3.8, 4) is 23.1 Å². The number of nitrogens with zero attached hydrogens (tertiary/aromatic N) is 6. The molecule has 6 rings (SSSR count). The van der Waals surface area contributed by atoms with Gasteiger partial charge in [0.1, 0.15) is 29.0 Å². The van der Waals surface area contributed by atoms with Crippen molar-refractivity contribution in [3.63, 3.8) is 0 Å². The molecule has 0 saturated carbocycles. The summed E-state index contributed by atoms with van der Waals surface area (Å²) in [4.78, 5) is 13.9. The second-order valence-electron chi connectivity index (χ2n) is 10.6. The lowest BCUT2D eigenvalue weighted by atomic mass is 10.1. The monoisotopic (exact) mass is 543 g/mol. The number of ether oxygens (including phenoxy) is 1. The van der Waals surface area contributed by atoms with Crippen molar-refractivity contribution in [1.29, 1.82) is 5.26 Å². The third-order valence-electron chi connectivity index (χ3n) is 7.90. The molecule has 206 valence electrons. The standard InChI is InChI=1S/C30H31F2N7O/c1-40-18-19-9-12-37(16-19)23-6-7-26(25(32)14-23)39-29(20-4-5-21(15-33)24(31)13-20)36-28-27(8-10-35-30(28)39)38-11-2-3-22(34)17-38/h4-8,10,13-14,19,22H,2-3,9,11-12,16-18,34H2,1H3. The Labute approximate surface area is 231 Å². The summed E-state index contributed by atoms with van der Waals surface area (Å²) < 4.78 is 37.7. The van der Waals surface area contributed by atoms with Crippen molar-refractivity contribution < 1.29 is 13.5 Å². The Morgan fingerprint density at radius 1 is 1.02 bits per heavy atom. The lowest BCUT2D eigenvalue weighted by molar-refractivity contribution is 0.161. The number of rotatable bonds is 6. The number of piperidine rings is 1. The van der Waals surface area contributed by atoms with Crippen molar-refractivity contribution in [2.24, 2.45) is 11.7 Å². The summed E-state index contributed by atoms with van der Waals surface area (Å²) in [5.41, 5.74) is 9.58. The van der Waals surface area contributed by atoms with Crippen LogP contribution >= 0.6 is 0 Å². The average Bonchev–Trinajstić information content (AvgIpc) is 3.58. The Bertz CT molecular complexity index is 1600. The number of anilines is 2. The van der Waals surface area contributed by atoms with Crippen LogP contribution in [0.3, 0.4) is 0 Å². The summed E-state index contributed by atoms with van der Waals surface area (Å²) >= 11 is 0. The molecule has 2 aliphatic rings. The van der Waals surface area contributed by atoms with Crippen molar-refractivity contribution in [2.75, 3.05) is 49.7 Å². The molecule has 0 amide bonds. The van der Waals surface area contributed by atoms with E-state index in [-0.39, 0.29) is 17.3 Å². The average molecular weight is 544 g/mol. The second kappa shape index (κ2) is 10.8. The maximum atomic E-state index is 16.0. The molecule has 2 atom stereocenters. The van der Waals surface area contributed by atoms with Crippen LogP contribution in [0.4, 0.5) is 20.2 Å². The van der Waals surface area contributed by atoms with Gasteiger partial charge in [0.25, 0.3) is 0 Å². The van der Waals surface area contributed by atoms with Crippen LogP contribution in [0.15, 0.2) is 48.7 Å². The quantitative estimate of drug-likeness (QED) is 0.379. The molecule has 2 saturated heterocycles. The molecule has 2 N–H and O–H groups in total. The molecule has 0 bridgehead atoms. The molecule has 10 heteroatoms. The van der Waals surface area contributed by atoms with Gasteiger partial charge in [-0.15, -0.1) is 0 Å². The van der Waals surface area contributed by atoms with Gasteiger partial charge in [0.2, 0.25) is 0 Å². The molecule has 2 aromatic carbocycles. The second-order valence-corrected chi connectivity index (χ2v) is 10.6. The Morgan fingerprint density at radius 3 is 2.65 bits per heavy atom. The number of hydrogen-bond donors (Lipinski definition) is 1. The molecule has 40 heavy (non-hydrogen) atoms. The van der Waals surface area contributed by atoms with Gasteiger partial charge in [0, 0.05) is 62.7 Å². The fourth-order valence-corrected chi connectivity index (χ4v) is 5.92. The number of hydrogen-bond acceptors (Lipinski definition) is 7. The normalized spacial score (nSPS) is 19.4. The smallest absolute Gasteiger partial charge is 0.167 e. The number of nitrogens with two attached hydrogens (primary N) is 1. The van der Waals surface area contributed by atoms with Crippen LogP contribution in [0.2, 0.25) is 0 Å². The number of fused-ring (bicyclic) bond motifs is 1. The minimum atomic E-state index is -0.663. The highest BCUT2D eigenvalue weighted by Crippen LogP contribution is 2.36. The van der Waals surface area contributed by atoms with Crippen LogP contribution in [0, 0.1) is 28.9 Å². The van der Waals surface area contributed by atoms with Crippen molar-refractivity contribution in [2.45, 2.75) is 25.3 Å². The topological polar surface area (TPSA) is 96.2 Å². The molecule has 0 radical (unpaired) electrons. The minimum Gasteiger partial charge on any atom is -0.384 e. The molecule has 2 fully saturated rings. The number of nitriles is 1. The largest absolute Gasteiger partial charge is 0.384 e. The molecule has 0 aliphatic carbocycles. The molecular formula is C30H31F2N7O. The van der Waals surface area contributed by atoms with E-state index in [9.17, 15) is 9.65 Å². The van der Waals surface area contributed by atoms with E-state index in [0.29, 0.717) is 41.6 Å². The number of aromatic nitrogens is 3. The summed E-state index contributed by atoms with van der Waals surface area (Å²) in [5, 5.41) is 9.23. The fourth-order valence-electron chi connectivity index (χ4n) is 5.92. The van der Waals surface area contributed by atoms with E-state index in [1.807, 2.05) is 18.2 Å². The van der Waals surface area contributed by atoms with Gasteiger partial charge in [0.05, 0.1) is 23.5 Å². The Morgan fingerprint density at radius 2 is 1.90 bits per heavy atom. The van der Waals surface area contributed by atoms with Gasteiger partial charge in [-0.05, 0) is 61.7 Å². The highest BCUT2D eigenvalue weighted by molar-refractivity contribution is 5.90. The third kappa shape index (κ3) is 4.76. The van der Waals surface area contributed by atoms with E-state index in [1.165, 1.54) is 18.2 Å². The van der Waals surface area contributed by atoms with E-state index in [4.69, 9.17) is 15.5 Å². The van der Waals surface area contributed by atoms with E-state index in [2.05, 4.69) is 14.8 Å². The first-order valence-corrected chi connectivity index (χ1v) is 13.6. The van der Waals surface area contributed by atoms with Crippen LogP contribution in [0.5, 0.6) is 0 Å². The van der Waals surface area contributed by atoms with Gasteiger partial charge >= 0.3 is 0 Å². The molecule has 4 heterocycles. The van der Waals surface area contributed by atoms with Crippen molar-refractivity contribution >= 4 is 22.5 Å². The fraction of sp³-hybridized carbons (Fsp3) is 0.367. The van der Waals surface area contributed by atoms with Gasteiger partial charge in [-0.1, -0.05) is 0 Å². The van der Waals surface area contributed by atoms with Crippen LogP contribution in [0.25, 0.3) is 28.2 Å². The summed E-state index contributed by atoms with van der Waals surface area (Å²) in [6.45, 7) is 3.82. The molecule has 8 nitrogen and oxygen atoms in total. The zero-order chi connectivity index (χ0) is 27.8. The first kappa shape index (κ1) is 26.2. The Kier molecular flexibility index (Phi) is 7.09. The summed E-state index contributed by atoms with van der Waals surface area (Å²) in [6.07, 6.45) is 4.59.